The fraction of sp³-hybridized carbons (Fsp3) is 0.522. The molecule has 2 heterocycles. The van der Waals surface area contributed by atoms with E-state index < -0.39 is 0 Å². The maximum absolute atomic E-state index is 9.79. The van der Waals surface area contributed by atoms with Gasteiger partial charge in [-0.1, -0.05) is 6.07 Å². The summed E-state index contributed by atoms with van der Waals surface area (Å²) < 4.78 is 11.3. The van der Waals surface area contributed by atoms with Gasteiger partial charge >= 0.3 is 0 Å². The molecule has 30 heavy (non-hydrogen) atoms. The van der Waals surface area contributed by atoms with E-state index >= 15 is 0 Å². The molecule has 1 fully saturated rings. The number of benzene rings is 1. The van der Waals surface area contributed by atoms with Crippen molar-refractivity contribution in [3.05, 3.63) is 35.2 Å². The van der Waals surface area contributed by atoms with Gasteiger partial charge in [-0.3, -0.25) is 0 Å². The van der Waals surface area contributed by atoms with Crippen LogP contribution in [0.2, 0.25) is 0 Å². The van der Waals surface area contributed by atoms with Gasteiger partial charge in [-0.15, -0.1) is 0 Å². The Kier molecular flexibility index (Phi) is 7.72. The summed E-state index contributed by atoms with van der Waals surface area (Å²) in [4.78, 5) is 11.3. The standard InChI is InChI=1S/C23H31N5O2/c1-4-29-20-10-9-18(15-21(20)30-5-2)11-12-25-22-19(16-24)23(27-17(3)26-22)28-13-7-6-8-14-28/h9-10,15H,4-8,11-14H2,1-3H3,(H,25,26,27). The van der Waals surface area contributed by atoms with Crippen LogP contribution in [0.15, 0.2) is 18.2 Å². The molecule has 7 heteroatoms. The van der Waals surface area contributed by atoms with Crippen LogP contribution in [0.1, 0.15) is 50.1 Å². The lowest BCUT2D eigenvalue weighted by Gasteiger charge is -2.29. The van der Waals surface area contributed by atoms with Crippen molar-refractivity contribution in [2.24, 2.45) is 0 Å². The lowest BCUT2D eigenvalue weighted by molar-refractivity contribution is 0.287. The van der Waals surface area contributed by atoms with E-state index in [-0.39, 0.29) is 0 Å². The molecule has 1 aromatic heterocycles. The van der Waals surface area contributed by atoms with Crippen molar-refractivity contribution in [2.45, 2.75) is 46.5 Å². The number of hydrogen-bond donors (Lipinski definition) is 1. The van der Waals surface area contributed by atoms with E-state index in [1.54, 1.807) is 0 Å². The van der Waals surface area contributed by atoms with E-state index in [4.69, 9.17) is 9.47 Å². The molecule has 0 atom stereocenters. The first-order valence-electron chi connectivity index (χ1n) is 10.8. The van der Waals surface area contributed by atoms with Gasteiger partial charge in [-0.2, -0.15) is 5.26 Å². The summed E-state index contributed by atoms with van der Waals surface area (Å²) in [6.07, 6.45) is 4.28. The lowest BCUT2D eigenvalue weighted by atomic mass is 10.1. The Bertz CT molecular complexity index is 888. The molecule has 1 saturated heterocycles. The SMILES string of the molecule is CCOc1ccc(CCNc2nc(C)nc(N3CCCCC3)c2C#N)cc1OCC. The normalized spacial score (nSPS) is 13.6. The second-order valence-electron chi connectivity index (χ2n) is 7.30. The van der Waals surface area contributed by atoms with Crippen molar-refractivity contribution in [2.75, 3.05) is 43.1 Å². The lowest BCUT2D eigenvalue weighted by Crippen LogP contribution is -2.31. The predicted molar refractivity (Wildman–Crippen MR) is 119 cm³/mol. The van der Waals surface area contributed by atoms with Crippen molar-refractivity contribution < 1.29 is 9.47 Å². The van der Waals surface area contributed by atoms with E-state index in [1.807, 2.05) is 39.0 Å². The largest absolute Gasteiger partial charge is 0.490 e. The van der Waals surface area contributed by atoms with Crippen molar-refractivity contribution in [1.82, 2.24) is 9.97 Å². The molecule has 1 N–H and O–H groups in total. The molecule has 1 aliphatic rings. The summed E-state index contributed by atoms with van der Waals surface area (Å²) in [5.41, 5.74) is 1.67. The highest BCUT2D eigenvalue weighted by atomic mass is 16.5. The molecule has 0 saturated carbocycles. The van der Waals surface area contributed by atoms with E-state index in [2.05, 4.69) is 26.3 Å². The first-order chi connectivity index (χ1) is 14.7. The van der Waals surface area contributed by atoms with Crippen LogP contribution in [0.25, 0.3) is 0 Å². The molecule has 7 nitrogen and oxygen atoms in total. The van der Waals surface area contributed by atoms with Crippen LogP contribution in [0, 0.1) is 18.3 Å². The van der Waals surface area contributed by atoms with Gasteiger partial charge in [-0.25, -0.2) is 9.97 Å². The third kappa shape index (κ3) is 5.32. The number of rotatable bonds is 9. The first kappa shape index (κ1) is 21.7. The third-order valence-corrected chi connectivity index (χ3v) is 5.08. The maximum atomic E-state index is 9.79. The fourth-order valence-electron chi connectivity index (χ4n) is 3.70. The maximum Gasteiger partial charge on any atom is 0.161 e. The molecular weight excluding hydrogens is 378 g/mol. The smallest absolute Gasteiger partial charge is 0.161 e. The van der Waals surface area contributed by atoms with Crippen molar-refractivity contribution in [3.63, 3.8) is 0 Å². The van der Waals surface area contributed by atoms with Gasteiger partial charge < -0.3 is 19.7 Å². The molecular formula is C23H31N5O2. The molecule has 0 bridgehead atoms. The van der Waals surface area contributed by atoms with Crippen molar-refractivity contribution in [3.8, 4) is 17.6 Å². The van der Waals surface area contributed by atoms with Gasteiger partial charge in [0.1, 0.15) is 23.3 Å². The summed E-state index contributed by atoms with van der Waals surface area (Å²) in [6, 6.07) is 8.34. The van der Waals surface area contributed by atoms with Crippen LogP contribution < -0.4 is 19.7 Å². The Balaban J connectivity index is 1.72. The van der Waals surface area contributed by atoms with Crippen molar-refractivity contribution in [1.29, 1.82) is 5.26 Å². The zero-order valence-electron chi connectivity index (χ0n) is 18.2. The molecule has 1 aromatic carbocycles. The minimum absolute atomic E-state index is 0.532. The van der Waals surface area contributed by atoms with Crippen LogP contribution in [0.5, 0.6) is 11.5 Å². The summed E-state index contributed by atoms with van der Waals surface area (Å²) in [6.45, 7) is 9.53. The highest BCUT2D eigenvalue weighted by Gasteiger charge is 2.20. The minimum atomic E-state index is 0.532. The quantitative estimate of drug-likeness (QED) is 0.667. The number of aromatic nitrogens is 2. The minimum Gasteiger partial charge on any atom is -0.490 e. The molecule has 2 aromatic rings. The number of aryl methyl sites for hydroxylation is 1. The second-order valence-corrected chi connectivity index (χ2v) is 7.30. The van der Waals surface area contributed by atoms with Crippen LogP contribution in [0.3, 0.4) is 0 Å². The van der Waals surface area contributed by atoms with Crippen LogP contribution in [-0.2, 0) is 6.42 Å². The van der Waals surface area contributed by atoms with Crippen LogP contribution in [0.4, 0.5) is 11.6 Å². The molecule has 0 spiro atoms. The Morgan fingerprint density at radius 3 is 2.50 bits per heavy atom. The Labute approximate surface area is 179 Å². The van der Waals surface area contributed by atoms with E-state index in [1.165, 1.54) is 6.42 Å². The van der Waals surface area contributed by atoms with Crippen molar-refractivity contribution >= 4 is 11.6 Å². The summed E-state index contributed by atoms with van der Waals surface area (Å²) >= 11 is 0. The Morgan fingerprint density at radius 1 is 1.07 bits per heavy atom. The fourth-order valence-corrected chi connectivity index (χ4v) is 3.70. The number of nitrogens with zero attached hydrogens (tertiary/aromatic N) is 4. The highest BCUT2D eigenvalue weighted by Crippen LogP contribution is 2.29. The zero-order valence-corrected chi connectivity index (χ0v) is 18.2. The van der Waals surface area contributed by atoms with Gasteiger partial charge in [-0.05, 0) is 64.2 Å². The van der Waals surface area contributed by atoms with Gasteiger partial charge in [0.25, 0.3) is 0 Å². The monoisotopic (exact) mass is 409 g/mol. The summed E-state index contributed by atoms with van der Waals surface area (Å²) in [5.74, 6) is 3.57. The van der Waals surface area contributed by atoms with E-state index in [9.17, 15) is 5.26 Å². The Hall–Kier alpha value is -3.01. The van der Waals surface area contributed by atoms with Gasteiger partial charge in [0.2, 0.25) is 0 Å². The predicted octanol–water partition coefficient (Wildman–Crippen LogP) is 4.10. The van der Waals surface area contributed by atoms with Gasteiger partial charge in [0.05, 0.1) is 13.2 Å². The third-order valence-electron chi connectivity index (χ3n) is 5.08. The Morgan fingerprint density at radius 2 is 1.80 bits per heavy atom. The number of nitrogens with one attached hydrogen (secondary N) is 1. The van der Waals surface area contributed by atoms with E-state index in [0.29, 0.717) is 37.0 Å². The number of nitriles is 1. The topological polar surface area (TPSA) is 83.3 Å². The number of ether oxygens (including phenoxy) is 2. The molecule has 0 amide bonds. The highest BCUT2D eigenvalue weighted by molar-refractivity contribution is 5.66. The van der Waals surface area contributed by atoms with Gasteiger partial charge in [0.15, 0.2) is 17.3 Å². The molecule has 3 rings (SSSR count). The first-order valence-corrected chi connectivity index (χ1v) is 10.8. The average molecular weight is 410 g/mol. The number of anilines is 2. The van der Waals surface area contributed by atoms with Gasteiger partial charge in [0, 0.05) is 19.6 Å². The zero-order chi connectivity index (χ0) is 21.3. The molecule has 0 aliphatic carbocycles. The molecule has 0 unspecified atom stereocenters. The van der Waals surface area contributed by atoms with Crippen LogP contribution >= 0.6 is 0 Å². The number of hydrogen-bond acceptors (Lipinski definition) is 7. The average Bonchev–Trinajstić information content (AvgIpc) is 2.76. The second kappa shape index (κ2) is 10.7. The van der Waals surface area contributed by atoms with E-state index in [0.717, 1.165) is 55.2 Å². The molecule has 0 radical (unpaired) electrons. The van der Waals surface area contributed by atoms with Crippen LogP contribution in [-0.4, -0.2) is 42.8 Å². The summed E-state index contributed by atoms with van der Waals surface area (Å²) in [7, 11) is 0. The summed E-state index contributed by atoms with van der Waals surface area (Å²) in [5, 5.41) is 13.1. The number of piperidine rings is 1. The molecule has 1 aliphatic heterocycles. The molecule has 160 valence electrons.